The van der Waals surface area contributed by atoms with Gasteiger partial charge in [-0.2, -0.15) is 0 Å². The minimum Gasteiger partial charge on any atom is -0.0587 e. The highest BCUT2D eigenvalue weighted by atomic mass is 14.1. The highest BCUT2D eigenvalue weighted by molar-refractivity contribution is 5.44. The van der Waals surface area contributed by atoms with Gasteiger partial charge in [-0.3, -0.25) is 0 Å². The summed E-state index contributed by atoms with van der Waals surface area (Å²) >= 11 is 0. The fourth-order valence-electron chi connectivity index (χ4n) is 3.07. The van der Waals surface area contributed by atoms with Crippen LogP contribution in [-0.4, -0.2) is 0 Å². The quantitative estimate of drug-likeness (QED) is 0.652. The molecule has 21 heavy (non-hydrogen) atoms. The van der Waals surface area contributed by atoms with Crippen molar-refractivity contribution >= 4 is 0 Å². The second kappa shape index (κ2) is 6.05. The fraction of sp³-hybridized carbons (Fsp3) is 0.429. The van der Waals surface area contributed by atoms with Gasteiger partial charge in [-0.05, 0) is 91.5 Å². The van der Waals surface area contributed by atoms with Crippen molar-refractivity contribution in [2.45, 2.75) is 60.8 Å². The number of benzene rings is 2. The van der Waals surface area contributed by atoms with Crippen LogP contribution < -0.4 is 0 Å². The van der Waals surface area contributed by atoms with Crippen LogP contribution in [0.2, 0.25) is 0 Å². The highest BCUT2D eigenvalue weighted by Crippen LogP contribution is 2.25. The molecule has 0 amide bonds. The van der Waals surface area contributed by atoms with Gasteiger partial charge in [0.25, 0.3) is 0 Å². The molecule has 0 spiro atoms. The summed E-state index contributed by atoms with van der Waals surface area (Å²) in [6.07, 6.45) is 1.04. The van der Waals surface area contributed by atoms with Crippen LogP contribution in [0.1, 0.15) is 64.3 Å². The Bertz CT molecular complexity index is 614. The monoisotopic (exact) mass is 280 g/mol. The largest absolute Gasteiger partial charge is 0.0587 e. The van der Waals surface area contributed by atoms with Gasteiger partial charge in [0.15, 0.2) is 0 Å². The standard InChI is InChI=1S/C21H28/c1-13(2)20-10-16(5)21(17(6)11-20)12-19-8-14(3)18(7)15(4)9-19/h8-11,13H,12H2,1-7H3. The van der Waals surface area contributed by atoms with Crippen molar-refractivity contribution in [3.63, 3.8) is 0 Å². The van der Waals surface area contributed by atoms with Crippen LogP contribution in [-0.2, 0) is 6.42 Å². The Labute approximate surface area is 130 Å². The van der Waals surface area contributed by atoms with Crippen LogP contribution in [0.5, 0.6) is 0 Å². The fourth-order valence-corrected chi connectivity index (χ4v) is 3.07. The van der Waals surface area contributed by atoms with E-state index < -0.39 is 0 Å². The molecule has 0 aliphatic rings. The molecule has 0 aliphatic carbocycles. The average molecular weight is 280 g/mol. The maximum Gasteiger partial charge on any atom is -0.00203 e. The summed E-state index contributed by atoms with van der Waals surface area (Å²) in [5, 5.41) is 0. The zero-order valence-corrected chi connectivity index (χ0v) is 14.6. The minimum absolute atomic E-state index is 0.598. The first-order chi connectivity index (χ1) is 9.79. The molecule has 0 saturated heterocycles. The van der Waals surface area contributed by atoms with Crippen LogP contribution in [0, 0.1) is 34.6 Å². The van der Waals surface area contributed by atoms with Crippen molar-refractivity contribution in [2.75, 3.05) is 0 Å². The molecule has 112 valence electrons. The Morgan fingerprint density at radius 1 is 0.714 bits per heavy atom. The average Bonchev–Trinajstić information content (AvgIpc) is 2.39. The minimum atomic E-state index is 0.598. The van der Waals surface area contributed by atoms with Crippen LogP contribution in [0.4, 0.5) is 0 Å². The summed E-state index contributed by atoms with van der Waals surface area (Å²) in [6.45, 7) is 15.7. The van der Waals surface area contributed by atoms with Crippen molar-refractivity contribution in [1.29, 1.82) is 0 Å². The summed E-state index contributed by atoms with van der Waals surface area (Å²) in [4.78, 5) is 0. The van der Waals surface area contributed by atoms with Gasteiger partial charge in [-0.15, -0.1) is 0 Å². The molecular formula is C21H28. The highest BCUT2D eigenvalue weighted by Gasteiger charge is 2.09. The van der Waals surface area contributed by atoms with E-state index in [4.69, 9.17) is 0 Å². The molecule has 0 aromatic heterocycles. The van der Waals surface area contributed by atoms with E-state index in [-0.39, 0.29) is 0 Å². The van der Waals surface area contributed by atoms with E-state index in [1.54, 1.807) is 0 Å². The van der Waals surface area contributed by atoms with E-state index in [1.807, 2.05) is 0 Å². The van der Waals surface area contributed by atoms with Gasteiger partial charge in [0.1, 0.15) is 0 Å². The lowest BCUT2D eigenvalue weighted by molar-refractivity contribution is 0.860. The summed E-state index contributed by atoms with van der Waals surface area (Å²) in [5.74, 6) is 0.598. The molecule has 0 fully saturated rings. The zero-order chi connectivity index (χ0) is 15.7. The molecule has 2 aromatic carbocycles. The van der Waals surface area contributed by atoms with Crippen molar-refractivity contribution in [3.05, 3.63) is 68.8 Å². The van der Waals surface area contributed by atoms with Gasteiger partial charge in [0.05, 0.1) is 0 Å². The molecule has 0 unspecified atom stereocenters. The number of rotatable bonds is 3. The third-order valence-electron chi connectivity index (χ3n) is 4.75. The number of aryl methyl sites for hydroxylation is 4. The van der Waals surface area contributed by atoms with Gasteiger partial charge in [-0.25, -0.2) is 0 Å². The molecule has 0 aliphatic heterocycles. The van der Waals surface area contributed by atoms with Crippen molar-refractivity contribution in [3.8, 4) is 0 Å². The maximum atomic E-state index is 2.36. The first-order valence-corrected chi connectivity index (χ1v) is 7.96. The molecule has 0 atom stereocenters. The molecule has 0 heterocycles. The molecule has 0 saturated carbocycles. The number of hydrogen-bond donors (Lipinski definition) is 0. The smallest absolute Gasteiger partial charge is 0.00203 e. The SMILES string of the molecule is Cc1cc(Cc2c(C)cc(C(C)C)cc2C)cc(C)c1C. The first kappa shape index (κ1) is 15.8. The first-order valence-electron chi connectivity index (χ1n) is 7.96. The summed E-state index contributed by atoms with van der Waals surface area (Å²) in [6, 6.07) is 9.41. The molecule has 2 aromatic rings. The summed E-state index contributed by atoms with van der Waals surface area (Å²) in [7, 11) is 0. The molecule has 0 radical (unpaired) electrons. The van der Waals surface area contributed by atoms with Gasteiger partial charge < -0.3 is 0 Å². The van der Waals surface area contributed by atoms with Crippen LogP contribution in [0.3, 0.4) is 0 Å². The lowest BCUT2D eigenvalue weighted by atomic mass is 9.89. The molecule has 2 rings (SSSR count). The zero-order valence-electron chi connectivity index (χ0n) is 14.6. The van der Waals surface area contributed by atoms with E-state index >= 15 is 0 Å². The van der Waals surface area contributed by atoms with E-state index in [2.05, 4.69) is 72.7 Å². The molecule has 0 bridgehead atoms. The van der Waals surface area contributed by atoms with Gasteiger partial charge in [-0.1, -0.05) is 38.1 Å². The van der Waals surface area contributed by atoms with Crippen LogP contribution in [0.15, 0.2) is 24.3 Å². The van der Waals surface area contributed by atoms with Crippen LogP contribution in [0.25, 0.3) is 0 Å². The molecule has 0 nitrogen and oxygen atoms in total. The van der Waals surface area contributed by atoms with Crippen molar-refractivity contribution in [2.24, 2.45) is 0 Å². The molecular weight excluding hydrogens is 252 g/mol. The molecule has 0 N–H and O–H groups in total. The van der Waals surface area contributed by atoms with E-state index in [9.17, 15) is 0 Å². The Hall–Kier alpha value is -1.56. The van der Waals surface area contributed by atoms with Crippen molar-refractivity contribution < 1.29 is 0 Å². The second-order valence-electron chi connectivity index (χ2n) is 6.82. The Morgan fingerprint density at radius 3 is 1.62 bits per heavy atom. The lowest BCUT2D eigenvalue weighted by Crippen LogP contribution is -2.00. The lowest BCUT2D eigenvalue weighted by Gasteiger charge is -2.16. The third-order valence-corrected chi connectivity index (χ3v) is 4.75. The van der Waals surface area contributed by atoms with Crippen LogP contribution >= 0.6 is 0 Å². The van der Waals surface area contributed by atoms with Gasteiger partial charge in [0, 0.05) is 0 Å². The topological polar surface area (TPSA) is 0 Å². The summed E-state index contributed by atoms with van der Waals surface area (Å²) < 4.78 is 0. The second-order valence-corrected chi connectivity index (χ2v) is 6.82. The Balaban J connectivity index is 2.40. The normalized spacial score (nSPS) is 11.2. The van der Waals surface area contributed by atoms with E-state index in [1.165, 1.54) is 44.5 Å². The Morgan fingerprint density at radius 2 is 1.19 bits per heavy atom. The molecule has 0 heteroatoms. The summed E-state index contributed by atoms with van der Waals surface area (Å²) in [5.41, 5.74) is 11.4. The number of hydrogen-bond acceptors (Lipinski definition) is 0. The maximum absolute atomic E-state index is 2.36. The Kier molecular flexibility index (Phi) is 4.56. The van der Waals surface area contributed by atoms with Gasteiger partial charge >= 0.3 is 0 Å². The predicted octanol–water partition coefficient (Wildman–Crippen LogP) is 5.94. The third kappa shape index (κ3) is 3.37. The van der Waals surface area contributed by atoms with E-state index in [0.717, 1.165) is 6.42 Å². The van der Waals surface area contributed by atoms with E-state index in [0.29, 0.717) is 5.92 Å². The predicted molar refractivity (Wildman–Crippen MR) is 93.5 cm³/mol. The van der Waals surface area contributed by atoms with Crippen molar-refractivity contribution in [1.82, 2.24) is 0 Å². The van der Waals surface area contributed by atoms with Gasteiger partial charge in [0.2, 0.25) is 0 Å².